The van der Waals surface area contributed by atoms with Crippen LogP contribution in [-0.2, 0) is 22.6 Å². The molecule has 2 aromatic carbocycles. The van der Waals surface area contributed by atoms with Crippen molar-refractivity contribution in [3.8, 4) is 0 Å². The SMILES string of the molecule is O=C(O)C(=O)C=C(O)c1cc(Cc2ccc(F)c(Cl)c2)cn(Cc2ccc(F)cc2F)c1=O. The summed E-state index contributed by atoms with van der Waals surface area (Å²) in [6.07, 6.45) is 1.82. The summed E-state index contributed by atoms with van der Waals surface area (Å²) in [6.45, 7) is -0.351. The molecule has 0 atom stereocenters. The van der Waals surface area contributed by atoms with Gasteiger partial charge in [-0.15, -0.1) is 0 Å². The molecule has 3 rings (SSSR count). The molecule has 0 aliphatic rings. The number of aliphatic hydroxyl groups excluding tert-OH is 1. The number of carbonyl (C=O) groups is 2. The van der Waals surface area contributed by atoms with Crippen LogP contribution in [0.3, 0.4) is 0 Å². The minimum absolute atomic E-state index is 0.0310. The summed E-state index contributed by atoms with van der Waals surface area (Å²) >= 11 is 5.80. The number of pyridine rings is 1. The van der Waals surface area contributed by atoms with E-state index >= 15 is 0 Å². The fourth-order valence-corrected chi connectivity index (χ4v) is 3.28. The molecule has 0 aliphatic heterocycles. The van der Waals surface area contributed by atoms with Crippen LogP contribution in [0.2, 0.25) is 5.02 Å². The molecule has 3 aromatic rings. The van der Waals surface area contributed by atoms with E-state index in [1.165, 1.54) is 24.4 Å². The number of carboxylic acid groups (broad SMARTS) is 1. The highest BCUT2D eigenvalue weighted by atomic mass is 35.5. The fraction of sp³-hybridized carbons (Fsp3) is 0.0870. The number of nitrogens with zero attached hydrogens (tertiary/aromatic N) is 1. The monoisotopic (exact) mass is 477 g/mol. The van der Waals surface area contributed by atoms with E-state index in [0.29, 0.717) is 23.3 Å². The van der Waals surface area contributed by atoms with Gasteiger partial charge >= 0.3 is 5.97 Å². The molecule has 1 aromatic heterocycles. The number of carbonyl (C=O) groups excluding carboxylic acids is 1. The summed E-state index contributed by atoms with van der Waals surface area (Å²) in [6, 6.07) is 7.97. The van der Waals surface area contributed by atoms with Crippen molar-refractivity contribution in [2.45, 2.75) is 13.0 Å². The summed E-state index contributed by atoms with van der Waals surface area (Å²) in [4.78, 5) is 35.1. The number of rotatable bonds is 7. The molecule has 0 saturated carbocycles. The number of ketones is 1. The molecule has 0 fully saturated rings. The van der Waals surface area contributed by atoms with Crippen LogP contribution in [0.25, 0.3) is 5.76 Å². The predicted octanol–water partition coefficient (Wildman–Crippen LogP) is 4.11. The molecule has 0 aliphatic carbocycles. The zero-order valence-electron chi connectivity index (χ0n) is 16.7. The van der Waals surface area contributed by atoms with E-state index in [9.17, 15) is 32.7 Å². The van der Waals surface area contributed by atoms with Gasteiger partial charge in [0.05, 0.1) is 17.1 Å². The Kier molecular flexibility index (Phi) is 7.03. The molecule has 170 valence electrons. The maximum atomic E-state index is 14.1. The molecule has 0 spiro atoms. The zero-order valence-corrected chi connectivity index (χ0v) is 17.4. The van der Waals surface area contributed by atoms with Crippen LogP contribution in [-0.4, -0.2) is 26.5 Å². The highest BCUT2D eigenvalue weighted by molar-refractivity contribution is 6.38. The largest absolute Gasteiger partial charge is 0.507 e. The van der Waals surface area contributed by atoms with Crippen LogP contribution < -0.4 is 5.56 Å². The van der Waals surface area contributed by atoms with Crippen molar-refractivity contribution in [3.63, 3.8) is 0 Å². The lowest BCUT2D eigenvalue weighted by molar-refractivity contribution is -0.146. The standard InChI is InChI=1S/C23H15ClF3NO5/c24-17-7-12(1-4-18(17)26)5-13-6-16(20(29)9-21(30)23(32)33)22(31)28(10-13)11-14-2-3-15(25)8-19(14)27/h1-4,6-10,29H,5,11H2,(H,32,33). The van der Waals surface area contributed by atoms with Gasteiger partial charge in [-0.05, 0) is 41.8 Å². The third-order valence-corrected chi connectivity index (χ3v) is 4.93. The molecule has 0 saturated heterocycles. The van der Waals surface area contributed by atoms with Crippen molar-refractivity contribution in [1.82, 2.24) is 4.57 Å². The Morgan fingerprint density at radius 1 is 0.970 bits per heavy atom. The van der Waals surface area contributed by atoms with Gasteiger partial charge in [0.2, 0.25) is 0 Å². The van der Waals surface area contributed by atoms with Gasteiger partial charge in [-0.3, -0.25) is 9.59 Å². The second-order valence-corrected chi connectivity index (χ2v) is 7.46. The van der Waals surface area contributed by atoms with Gasteiger partial charge in [-0.1, -0.05) is 23.7 Å². The summed E-state index contributed by atoms with van der Waals surface area (Å²) in [5.41, 5.74) is -0.394. The zero-order chi connectivity index (χ0) is 24.3. The predicted molar refractivity (Wildman–Crippen MR) is 114 cm³/mol. The molecular weight excluding hydrogens is 463 g/mol. The van der Waals surface area contributed by atoms with Crippen LogP contribution >= 0.6 is 11.6 Å². The van der Waals surface area contributed by atoms with Crippen molar-refractivity contribution >= 4 is 29.1 Å². The number of carboxylic acids is 1. The van der Waals surface area contributed by atoms with Gasteiger partial charge in [-0.25, -0.2) is 18.0 Å². The van der Waals surface area contributed by atoms with E-state index in [1.54, 1.807) is 0 Å². The molecule has 0 unspecified atom stereocenters. The number of hydrogen-bond donors (Lipinski definition) is 2. The highest BCUT2D eigenvalue weighted by Gasteiger charge is 2.17. The third kappa shape index (κ3) is 5.69. The van der Waals surface area contributed by atoms with Crippen LogP contribution in [0.4, 0.5) is 13.2 Å². The number of aromatic nitrogens is 1. The van der Waals surface area contributed by atoms with Crippen molar-refractivity contribution in [2.24, 2.45) is 0 Å². The Morgan fingerprint density at radius 3 is 2.33 bits per heavy atom. The van der Waals surface area contributed by atoms with E-state index < -0.39 is 46.1 Å². The minimum Gasteiger partial charge on any atom is -0.507 e. The van der Waals surface area contributed by atoms with Crippen LogP contribution in [0.15, 0.2) is 59.5 Å². The molecule has 0 amide bonds. The van der Waals surface area contributed by atoms with Gasteiger partial charge in [-0.2, -0.15) is 0 Å². The Labute approximate surface area is 189 Å². The Morgan fingerprint density at radius 2 is 1.70 bits per heavy atom. The van der Waals surface area contributed by atoms with Gasteiger partial charge in [0.1, 0.15) is 23.2 Å². The quantitative estimate of drug-likeness (QED) is 0.303. The van der Waals surface area contributed by atoms with Gasteiger partial charge in [0.25, 0.3) is 11.3 Å². The molecule has 6 nitrogen and oxygen atoms in total. The number of benzene rings is 2. The van der Waals surface area contributed by atoms with Gasteiger partial charge in [0, 0.05) is 23.9 Å². The average Bonchev–Trinajstić information content (AvgIpc) is 2.74. The average molecular weight is 478 g/mol. The number of hydrogen-bond acceptors (Lipinski definition) is 4. The van der Waals surface area contributed by atoms with Crippen molar-refractivity contribution in [2.75, 3.05) is 0 Å². The van der Waals surface area contributed by atoms with Crippen molar-refractivity contribution in [3.05, 3.63) is 110 Å². The van der Waals surface area contributed by atoms with Crippen molar-refractivity contribution < 1.29 is 33.0 Å². The lowest BCUT2D eigenvalue weighted by Crippen LogP contribution is -2.25. The molecular formula is C23H15ClF3NO5. The number of aliphatic hydroxyl groups is 1. The van der Waals surface area contributed by atoms with E-state index in [0.717, 1.165) is 22.8 Å². The summed E-state index contributed by atoms with van der Waals surface area (Å²) in [5, 5.41) is 18.9. The van der Waals surface area contributed by atoms with Crippen LogP contribution in [0.1, 0.15) is 22.3 Å². The first-order valence-corrected chi connectivity index (χ1v) is 9.72. The first-order valence-electron chi connectivity index (χ1n) is 9.34. The van der Waals surface area contributed by atoms with Crippen molar-refractivity contribution in [1.29, 1.82) is 0 Å². The Bertz CT molecular complexity index is 1350. The van der Waals surface area contributed by atoms with Crippen LogP contribution in [0, 0.1) is 17.5 Å². The van der Waals surface area contributed by atoms with E-state index in [4.69, 9.17) is 16.7 Å². The summed E-state index contributed by atoms with van der Waals surface area (Å²) in [5.74, 6) is -6.55. The normalized spacial score (nSPS) is 11.5. The van der Waals surface area contributed by atoms with Gasteiger partial charge < -0.3 is 14.8 Å². The lowest BCUT2D eigenvalue weighted by Gasteiger charge is -2.13. The molecule has 1 heterocycles. The third-order valence-electron chi connectivity index (χ3n) is 4.65. The fourth-order valence-electron chi connectivity index (χ4n) is 3.08. The van der Waals surface area contributed by atoms with Crippen LogP contribution in [0.5, 0.6) is 0 Å². The smallest absolute Gasteiger partial charge is 0.376 e. The number of aliphatic carboxylic acids is 1. The van der Waals surface area contributed by atoms with E-state index in [1.807, 2.05) is 0 Å². The maximum absolute atomic E-state index is 14.1. The first kappa shape index (κ1) is 23.8. The molecule has 0 bridgehead atoms. The molecule has 0 radical (unpaired) electrons. The summed E-state index contributed by atoms with van der Waals surface area (Å²) < 4.78 is 41.8. The second-order valence-electron chi connectivity index (χ2n) is 7.06. The maximum Gasteiger partial charge on any atom is 0.376 e. The Hall–Kier alpha value is -3.85. The van der Waals surface area contributed by atoms with E-state index in [-0.39, 0.29) is 23.6 Å². The Balaban J connectivity index is 2.11. The molecule has 10 heteroatoms. The number of halogens is 4. The summed E-state index contributed by atoms with van der Waals surface area (Å²) in [7, 11) is 0. The minimum atomic E-state index is -1.84. The lowest BCUT2D eigenvalue weighted by atomic mass is 10.0. The molecule has 2 N–H and O–H groups in total. The topological polar surface area (TPSA) is 96.6 Å². The molecule has 33 heavy (non-hydrogen) atoms. The second kappa shape index (κ2) is 9.74. The van der Waals surface area contributed by atoms with Gasteiger partial charge in [0.15, 0.2) is 0 Å². The highest BCUT2D eigenvalue weighted by Crippen LogP contribution is 2.20. The van der Waals surface area contributed by atoms with E-state index in [2.05, 4.69) is 0 Å². The first-order chi connectivity index (χ1) is 15.5.